The van der Waals surface area contributed by atoms with E-state index in [0.29, 0.717) is 24.5 Å². The number of carbonyl (C=O) groups is 1. The van der Waals surface area contributed by atoms with E-state index in [9.17, 15) is 4.79 Å². The average Bonchev–Trinajstić information content (AvgIpc) is 3.10. The van der Waals surface area contributed by atoms with Crippen LogP contribution < -0.4 is 4.74 Å². The predicted molar refractivity (Wildman–Crippen MR) is 99.9 cm³/mol. The van der Waals surface area contributed by atoms with E-state index in [2.05, 4.69) is 6.07 Å². The van der Waals surface area contributed by atoms with Crippen molar-refractivity contribution < 1.29 is 19.0 Å². The summed E-state index contributed by atoms with van der Waals surface area (Å²) < 4.78 is 16.7. The van der Waals surface area contributed by atoms with E-state index in [-0.39, 0.29) is 12.0 Å². The van der Waals surface area contributed by atoms with Gasteiger partial charge in [-0.1, -0.05) is 18.2 Å². The first-order valence-electron chi connectivity index (χ1n) is 8.81. The minimum Gasteiger partial charge on any atom is -0.457 e. The second kappa shape index (κ2) is 8.34. The van der Waals surface area contributed by atoms with Gasteiger partial charge in [-0.25, -0.2) is 0 Å². The van der Waals surface area contributed by atoms with E-state index in [1.807, 2.05) is 24.3 Å². The molecule has 1 aliphatic rings. The van der Waals surface area contributed by atoms with Crippen LogP contribution in [0.3, 0.4) is 0 Å². The molecule has 0 fully saturated rings. The van der Waals surface area contributed by atoms with Gasteiger partial charge < -0.3 is 19.1 Å². The Bertz CT molecular complexity index is 774. The van der Waals surface area contributed by atoms with Crippen LogP contribution in [0.2, 0.25) is 0 Å². The van der Waals surface area contributed by atoms with Crippen molar-refractivity contribution in [1.82, 2.24) is 4.90 Å². The fourth-order valence-corrected chi connectivity index (χ4v) is 3.29. The fraction of sp³-hybridized carbons (Fsp3) is 0.381. The molecule has 1 atom stereocenters. The van der Waals surface area contributed by atoms with E-state index in [1.165, 1.54) is 11.1 Å². The molecule has 5 nitrogen and oxygen atoms in total. The van der Waals surface area contributed by atoms with Gasteiger partial charge in [-0.05, 0) is 42.7 Å². The monoisotopic (exact) mass is 355 g/mol. The molecular formula is C21H25NO4. The zero-order valence-electron chi connectivity index (χ0n) is 15.5. The van der Waals surface area contributed by atoms with E-state index in [4.69, 9.17) is 14.2 Å². The highest BCUT2D eigenvalue weighted by Crippen LogP contribution is 2.40. The molecule has 0 saturated carbocycles. The third-order valence-electron chi connectivity index (χ3n) is 4.74. The van der Waals surface area contributed by atoms with Crippen LogP contribution in [0.1, 0.15) is 34.0 Å². The molecule has 1 aliphatic carbocycles. The molecule has 0 radical (unpaired) electrons. The summed E-state index contributed by atoms with van der Waals surface area (Å²) in [5.74, 6) is 1.44. The molecule has 0 aliphatic heterocycles. The first-order valence-corrected chi connectivity index (χ1v) is 8.81. The lowest BCUT2D eigenvalue weighted by atomic mass is 10.1. The largest absolute Gasteiger partial charge is 0.457 e. The molecule has 3 rings (SSSR count). The van der Waals surface area contributed by atoms with Gasteiger partial charge in [0, 0.05) is 38.9 Å². The van der Waals surface area contributed by atoms with Crippen molar-refractivity contribution in [3.05, 3.63) is 59.2 Å². The Labute approximate surface area is 154 Å². The lowest BCUT2D eigenvalue weighted by Gasteiger charge is -2.17. The van der Waals surface area contributed by atoms with Crippen molar-refractivity contribution in [2.75, 3.05) is 34.4 Å². The summed E-state index contributed by atoms with van der Waals surface area (Å²) in [4.78, 5) is 14.2. The molecule has 2 aromatic rings. The van der Waals surface area contributed by atoms with Crippen molar-refractivity contribution >= 4 is 5.91 Å². The molecule has 0 aromatic heterocycles. The number of hydrogen-bond acceptors (Lipinski definition) is 4. The van der Waals surface area contributed by atoms with Crippen LogP contribution >= 0.6 is 0 Å². The first-order chi connectivity index (χ1) is 12.6. The Hall–Kier alpha value is -2.37. The molecule has 5 heteroatoms. The van der Waals surface area contributed by atoms with Gasteiger partial charge in [0.15, 0.2) is 0 Å². The molecule has 0 spiro atoms. The molecule has 1 amide bonds. The molecule has 0 heterocycles. The smallest absolute Gasteiger partial charge is 0.253 e. The number of methoxy groups -OCH3 is 2. The number of benzene rings is 2. The predicted octanol–water partition coefficient (Wildman–Crippen LogP) is 3.83. The van der Waals surface area contributed by atoms with Gasteiger partial charge in [0.1, 0.15) is 11.5 Å². The summed E-state index contributed by atoms with van der Waals surface area (Å²) in [5, 5.41) is 0. The number of rotatable bonds is 7. The van der Waals surface area contributed by atoms with E-state index < -0.39 is 0 Å². The van der Waals surface area contributed by atoms with Crippen molar-refractivity contribution in [3.8, 4) is 11.5 Å². The number of nitrogens with zero attached hydrogens (tertiary/aromatic N) is 1. The van der Waals surface area contributed by atoms with Crippen LogP contribution in [0.25, 0.3) is 0 Å². The maximum Gasteiger partial charge on any atom is 0.253 e. The number of ether oxygens (including phenoxy) is 3. The number of fused-ring (bicyclic) bond motifs is 1. The topological polar surface area (TPSA) is 48.0 Å². The minimum atomic E-state index is -0.0507. The molecule has 0 bridgehead atoms. The van der Waals surface area contributed by atoms with Gasteiger partial charge in [0.25, 0.3) is 5.91 Å². The summed E-state index contributed by atoms with van der Waals surface area (Å²) >= 11 is 0. The van der Waals surface area contributed by atoms with Crippen LogP contribution in [0, 0.1) is 0 Å². The molecule has 0 unspecified atom stereocenters. The summed E-state index contributed by atoms with van der Waals surface area (Å²) in [6, 6.07) is 13.3. The van der Waals surface area contributed by atoms with Gasteiger partial charge in [-0.15, -0.1) is 0 Å². The summed E-state index contributed by atoms with van der Waals surface area (Å²) in [6.45, 7) is 1.06. The highest BCUT2D eigenvalue weighted by Gasteiger charge is 2.25. The molecular weight excluding hydrogens is 330 g/mol. The van der Waals surface area contributed by atoms with E-state index in [1.54, 1.807) is 38.3 Å². The van der Waals surface area contributed by atoms with Gasteiger partial charge in [-0.3, -0.25) is 4.79 Å². The Kier molecular flexibility index (Phi) is 5.91. The fourth-order valence-electron chi connectivity index (χ4n) is 3.29. The quantitative estimate of drug-likeness (QED) is 0.757. The summed E-state index contributed by atoms with van der Waals surface area (Å²) in [7, 11) is 5.13. The highest BCUT2D eigenvalue weighted by molar-refractivity contribution is 5.94. The SMILES string of the molecule is COCCN(C)C(=O)c1cccc(Oc2cccc3c2CC[C@H]3OC)c1. The van der Waals surface area contributed by atoms with Gasteiger partial charge in [-0.2, -0.15) is 0 Å². The number of hydrogen-bond donors (Lipinski definition) is 0. The molecule has 26 heavy (non-hydrogen) atoms. The van der Waals surface area contributed by atoms with Crippen molar-refractivity contribution in [1.29, 1.82) is 0 Å². The van der Waals surface area contributed by atoms with Crippen molar-refractivity contribution in [2.45, 2.75) is 18.9 Å². The number of likely N-dealkylation sites (N-methyl/N-ethyl adjacent to an activating group) is 1. The summed E-state index contributed by atoms with van der Waals surface area (Å²) in [6.07, 6.45) is 2.04. The lowest BCUT2D eigenvalue weighted by molar-refractivity contribution is 0.0744. The van der Waals surface area contributed by atoms with Gasteiger partial charge >= 0.3 is 0 Å². The average molecular weight is 355 g/mol. The van der Waals surface area contributed by atoms with Crippen LogP contribution in [-0.2, 0) is 15.9 Å². The molecule has 0 saturated heterocycles. The molecule has 138 valence electrons. The Morgan fingerprint density at radius 2 is 2.00 bits per heavy atom. The zero-order chi connectivity index (χ0) is 18.5. The minimum absolute atomic E-state index is 0.0507. The zero-order valence-corrected chi connectivity index (χ0v) is 15.5. The Balaban J connectivity index is 1.78. The Morgan fingerprint density at radius 3 is 2.77 bits per heavy atom. The van der Waals surface area contributed by atoms with Gasteiger partial charge in [0.2, 0.25) is 0 Å². The Morgan fingerprint density at radius 1 is 1.19 bits per heavy atom. The van der Waals surface area contributed by atoms with Crippen LogP contribution in [0.15, 0.2) is 42.5 Å². The second-order valence-corrected chi connectivity index (χ2v) is 6.44. The third-order valence-corrected chi connectivity index (χ3v) is 4.74. The van der Waals surface area contributed by atoms with Gasteiger partial charge in [0.05, 0.1) is 12.7 Å². The molecule has 0 N–H and O–H groups in total. The van der Waals surface area contributed by atoms with E-state index >= 15 is 0 Å². The molecule has 2 aromatic carbocycles. The van der Waals surface area contributed by atoms with E-state index in [0.717, 1.165) is 18.6 Å². The first kappa shape index (κ1) is 18.4. The number of amides is 1. The van der Waals surface area contributed by atoms with Crippen LogP contribution in [0.5, 0.6) is 11.5 Å². The second-order valence-electron chi connectivity index (χ2n) is 6.44. The van der Waals surface area contributed by atoms with Crippen LogP contribution in [-0.4, -0.2) is 45.2 Å². The van der Waals surface area contributed by atoms with Crippen molar-refractivity contribution in [3.63, 3.8) is 0 Å². The summed E-state index contributed by atoms with van der Waals surface area (Å²) in [5.41, 5.74) is 2.98. The maximum atomic E-state index is 12.5. The maximum absolute atomic E-state index is 12.5. The lowest BCUT2D eigenvalue weighted by Crippen LogP contribution is -2.29. The van der Waals surface area contributed by atoms with Crippen LogP contribution in [0.4, 0.5) is 0 Å². The third kappa shape index (κ3) is 3.89. The van der Waals surface area contributed by atoms with Crippen molar-refractivity contribution in [2.24, 2.45) is 0 Å². The normalized spacial score (nSPS) is 15.6. The number of carbonyl (C=O) groups excluding carboxylic acids is 1. The highest BCUT2D eigenvalue weighted by atomic mass is 16.5. The standard InChI is InChI=1S/C21H25NO4/c1-22(12-13-24-2)21(23)15-6-4-7-16(14-15)26-20-9-5-8-17-18(20)10-11-19(17)25-3/h4-9,14,19H,10-13H2,1-3H3/t19-/m1/s1.